The van der Waals surface area contributed by atoms with Gasteiger partial charge in [0, 0.05) is 18.4 Å². The molecule has 0 unspecified atom stereocenters. The van der Waals surface area contributed by atoms with Gasteiger partial charge in [0.25, 0.3) is 0 Å². The molecule has 0 saturated heterocycles. The van der Waals surface area contributed by atoms with E-state index < -0.39 is 0 Å². The lowest BCUT2D eigenvalue weighted by atomic mass is 9.96. The van der Waals surface area contributed by atoms with Crippen LogP contribution in [0.5, 0.6) is 11.5 Å². The van der Waals surface area contributed by atoms with Crippen LogP contribution in [0.1, 0.15) is 27.9 Å². The van der Waals surface area contributed by atoms with Gasteiger partial charge in [-0.3, -0.25) is 4.79 Å². The molecule has 0 bridgehead atoms. The summed E-state index contributed by atoms with van der Waals surface area (Å²) < 4.78 is 5.41. The normalized spacial score (nSPS) is 13.4. The van der Waals surface area contributed by atoms with Crippen molar-refractivity contribution in [2.24, 2.45) is 5.73 Å². The fourth-order valence-corrected chi connectivity index (χ4v) is 2.01. The predicted octanol–water partition coefficient (Wildman–Crippen LogP) is 1.17. The molecule has 0 amide bonds. The van der Waals surface area contributed by atoms with Crippen LogP contribution in [0, 0.1) is 6.92 Å². The van der Waals surface area contributed by atoms with Gasteiger partial charge in [-0.2, -0.15) is 0 Å². The third-order valence-electron chi connectivity index (χ3n) is 2.82. The first kappa shape index (κ1) is 11.0. The molecule has 1 aromatic rings. The minimum Gasteiger partial charge on any atom is -0.507 e. The van der Waals surface area contributed by atoms with Crippen LogP contribution in [0.2, 0.25) is 0 Å². The topological polar surface area (TPSA) is 72.6 Å². The van der Waals surface area contributed by atoms with Gasteiger partial charge in [0.2, 0.25) is 0 Å². The first-order valence-corrected chi connectivity index (χ1v) is 5.36. The summed E-state index contributed by atoms with van der Waals surface area (Å²) >= 11 is 0. The minimum absolute atomic E-state index is 0.0719. The standard InChI is InChI=1S/C12H15NO3/c1-7-6-10-8(3-5-16-10)11(12(7)15)9(14)2-4-13/h6,15H,2-5,13H2,1H3. The number of rotatable bonds is 3. The second-order valence-electron chi connectivity index (χ2n) is 3.95. The van der Waals surface area contributed by atoms with Gasteiger partial charge in [-0.25, -0.2) is 0 Å². The molecule has 0 saturated carbocycles. The van der Waals surface area contributed by atoms with Crippen molar-refractivity contribution >= 4 is 5.78 Å². The molecular formula is C12H15NO3. The first-order valence-electron chi connectivity index (χ1n) is 5.36. The molecule has 3 N–H and O–H groups in total. The number of Topliss-reactive ketones (excluding diaryl/α,β-unsaturated/α-hetero) is 1. The number of carbonyl (C=O) groups excluding carboxylic acids is 1. The summed E-state index contributed by atoms with van der Waals surface area (Å²) in [6.45, 7) is 2.62. The Balaban J connectivity index is 2.54. The maximum atomic E-state index is 11.9. The fraction of sp³-hybridized carbons (Fsp3) is 0.417. The second-order valence-corrected chi connectivity index (χ2v) is 3.95. The van der Waals surface area contributed by atoms with Gasteiger partial charge in [-0.05, 0) is 25.1 Å². The average Bonchev–Trinajstić information content (AvgIpc) is 2.67. The maximum Gasteiger partial charge on any atom is 0.168 e. The number of phenols is 1. The molecule has 0 fully saturated rings. The molecule has 1 aromatic carbocycles. The number of fused-ring (bicyclic) bond motifs is 1. The number of hydrogen-bond acceptors (Lipinski definition) is 4. The monoisotopic (exact) mass is 221 g/mol. The van der Waals surface area contributed by atoms with Gasteiger partial charge in [0.05, 0.1) is 12.2 Å². The molecule has 0 aliphatic carbocycles. The Kier molecular flexibility index (Phi) is 2.83. The Hall–Kier alpha value is -1.55. The molecular weight excluding hydrogens is 206 g/mol. The highest BCUT2D eigenvalue weighted by Crippen LogP contribution is 2.37. The summed E-state index contributed by atoms with van der Waals surface area (Å²) in [7, 11) is 0. The van der Waals surface area contributed by atoms with Crippen LogP contribution in [-0.2, 0) is 6.42 Å². The van der Waals surface area contributed by atoms with Gasteiger partial charge in [0.15, 0.2) is 5.78 Å². The molecule has 0 atom stereocenters. The Morgan fingerprint density at radius 3 is 3.06 bits per heavy atom. The average molecular weight is 221 g/mol. The fourth-order valence-electron chi connectivity index (χ4n) is 2.01. The van der Waals surface area contributed by atoms with Crippen molar-refractivity contribution in [3.8, 4) is 11.5 Å². The molecule has 0 radical (unpaired) electrons. The van der Waals surface area contributed by atoms with Crippen molar-refractivity contribution in [1.29, 1.82) is 0 Å². The summed E-state index contributed by atoms with van der Waals surface area (Å²) in [5.41, 5.74) is 7.26. The van der Waals surface area contributed by atoms with Crippen molar-refractivity contribution in [2.45, 2.75) is 19.8 Å². The highest BCUT2D eigenvalue weighted by Gasteiger charge is 2.24. The summed E-state index contributed by atoms with van der Waals surface area (Å²) in [5.74, 6) is 0.684. The van der Waals surface area contributed by atoms with E-state index in [4.69, 9.17) is 10.5 Å². The molecule has 86 valence electrons. The van der Waals surface area contributed by atoms with Crippen molar-refractivity contribution in [2.75, 3.05) is 13.2 Å². The third-order valence-corrected chi connectivity index (χ3v) is 2.82. The van der Waals surface area contributed by atoms with Crippen molar-refractivity contribution in [3.05, 3.63) is 22.8 Å². The Bertz CT molecular complexity index is 440. The number of phenolic OH excluding ortho intramolecular Hbond substituents is 1. The summed E-state index contributed by atoms with van der Waals surface area (Å²) in [6, 6.07) is 1.77. The molecule has 1 aliphatic rings. The van der Waals surface area contributed by atoms with E-state index in [-0.39, 0.29) is 18.0 Å². The van der Waals surface area contributed by atoms with E-state index in [1.165, 1.54) is 0 Å². The van der Waals surface area contributed by atoms with Crippen LogP contribution in [0.15, 0.2) is 6.07 Å². The SMILES string of the molecule is Cc1cc2c(c(C(=O)CCN)c1O)CCO2. The van der Waals surface area contributed by atoms with E-state index in [1.54, 1.807) is 13.0 Å². The van der Waals surface area contributed by atoms with Gasteiger partial charge in [-0.15, -0.1) is 0 Å². The van der Waals surface area contributed by atoms with Crippen LogP contribution in [0.4, 0.5) is 0 Å². The summed E-state index contributed by atoms with van der Waals surface area (Å²) in [6.07, 6.45) is 0.929. The zero-order chi connectivity index (χ0) is 11.7. The lowest BCUT2D eigenvalue weighted by Crippen LogP contribution is -2.10. The number of benzene rings is 1. The van der Waals surface area contributed by atoms with Crippen LogP contribution in [-0.4, -0.2) is 24.0 Å². The highest BCUT2D eigenvalue weighted by molar-refractivity contribution is 6.01. The lowest BCUT2D eigenvalue weighted by molar-refractivity contribution is 0.0982. The number of ether oxygens (including phenoxy) is 1. The Morgan fingerprint density at radius 1 is 1.62 bits per heavy atom. The number of ketones is 1. The summed E-state index contributed by atoms with van der Waals surface area (Å²) in [4.78, 5) is 11.9. The van der Waals surface area contributed by atoms with Crippen LogP contribution in [0.25, 0.3) is 0 Å². The smallest absolute Gasteiger partial charge is 0.168 e. The molecule has 0 spiro atoms. The van der Waals surface area contributed by atoms with Crippen molar-refractivity contribution in [1.82, 2.24) is 0 Å². The molecule has 0 aromatic heterocycles. The summed E-state index contributed by atoms with van der Waals surface area (Å²) in [5, 5.41) is 9.94. The molecule has 2 rings (SSSR count). The number of hydrogen-bond donors (Lipinski definition) is 2. The second kappa shape index (κ2) is 4.14. The molecule has 4 heteroatoms. The van der Waals surface area contributed by atoms with Crippen LogP contribution >= 0.6 is 0 Å². The highest BCUT2D eigenvalue weighted by atomic mass is 16.5. The number of aryl methyl sites for hydroxylation is 1. The van der Waals surface area contributed by atoms with E-state index in [0.717, 1.165) is 11.3 Å². The molecule has 1 heterocycles. The zero-order valence-electron chi connectivity index (χ0n) is 9.25. The minimum atomic E-state index is -0.106. The molecule has 16 heavy (non-hydrogen) atoms. The first-order chi connectivity index (χ1) is 7.65. The van der Waals surface area contributed by atoms with Gasteiger partial charge >= 0.3 is 0 Å². The zero-order valence-corrected chi connectivity index (χ0v) is 9.25. The van der Waals surface area contributed by atoms with Crippen molar-refractivity contribution in [3.63, 3.8) is 0 Å². The van der Waals surface area contributed by atoms with Crippen LogP contribution < -0.4 is 10.5 Å². The van der Waals surface area contributed by atoms with Gasteiger partial charge < -0.3 is 15.6 Å². The van der Waals surface area contributed by atoms with Crippen LogP contribution in [0.3, 0.4) is 0 Å². The third kappa shape index (κ3) is 1.65. The predicted molar refractivity (Wildman–Crippen MR) is 60.0 cm³/mol. The van der Waals surface area contributed by atoms with E-state index in [2.05, 4.69) is 0 Å². The van der Waals surface area contributed by atoms with E-state index in [9.17, 15) is 9.90 Å². The number of carbonyl (C=O) groups is 1. The molecule has 4 nitrogen and oxygen atoms in total. The maximum absolute atomic E-state index is 11.9. The molecule has 1 aliphatic heterocycles. The number of aromatic hydroxyl groups is 1. The largest absolute Gasteiger partial charge is 0.507 e. The Morgan fingerprint density at radius 2 is 2.38 bits per heavy atom. The number of nitrogens with two attached hydrogens (primary N) is 1. The van der Waals surface area contributed by atoms with E-state index in [1.807, 2.05) is 0 Å². The van der Waals surface area contributed by atoms with E-state index >= 15 is 0 Å². The van der Waals surface area contributed by atoms with E-state index in [0.29, 0.717) is 30.7 Å². The Labute approximate surface area is 94.0 Å². The quantitative estimate of drug-likeness (QED) is 0.751. The van der Waals surface area contributed by atoms with Crippen molar-refractivity contribution < 1.29 is 14.6 Å². The van der Waals surface area contributed by atoms with Gasteiger partial charge in [0.1, 0.15) is 11.5 Å². The lowest BCUT2D eigenvalue weighted by Gasteiger charge is -2.10. The van der Waals surface area contributed by atoms with Gasteiger partial charge in [-0.1, -0.05) is 0 Å².